The Morgan fingerprint density at radius 1 is 1.45 bits per heavy atom. The lowest BCUT2D eigenvalue weighted by molar-refractivity contribution is -0.155. The number of aromatic hydroxyl groups is 1. The summed E-state index contributed by atoms with van der Waals surface area (Å²) in [4.78, 5) is 12.4. The van der Waals surface area contributed by atoms with Gasteiger partial charge in [0.25, 0.3) is 0 Å². The number of likely N-dealkylation sites (N-methyl/N-ethyl adjacent to an activating group) is 1. The van der Waals surface area contributed by atoms with Crippen molar-refractivity contribution in [2.24, 2.45) is 0 Å². The Bertz CT molecular complexity index is 673. The molecule has 5 nitrogen and oxygen atoms in total. The molecule has 1 aromatic rings. The predicted molar refractivity (Wildman–Crippen MR) is 80.2 cm³/mol. The zero-order valence-corrected chi connectivity index (χ0v) is 12.8. The van der Waals surface area contributed by atoms with Crippen molar-refractivity contribution >= 4 is 5.78 Å². The SMILES string of the molecule is CCN[C@H]1Cc2ccc(O)c3c2[C@]2(C)[C@H](O3)C(=O)CC[C@]12O. The zero-order valence-electron chi connectivity index (χ0n) is 12.8. The van der Waals surface area contributed by atoms with Crippen LogP contribution >= 0.6 is 0 Å². The number of hydrogen-bond donors (Lipinski definition) is 3. The number of phenolic OH excluding ortho intramolecular Hbond substituents is 1. The van der Waals surface area contributed by atoms with Crippen LogP contribution in [0.4, 0.5) is 0 Å². The van der Waals surface area contributed by atoms with Crippen molar-refractivity contribution in [1.82, 2.24) is 5.32 Å². The van der Waals surface area contributed by atoms with Crippen LogP contribution in [0.25, 0.3) is 0 Å². The van der Waals surface area contributed by atoms with Crippen LogP contribution < -0.4 is 10.1 Å². The molecule has 4 atom stereocenters. The van der Waals surface area contributed by atoms with E-state index in [1.807, 2.05) is 19.9 Å². The second kappa shape index (κ2) is 4.24. The first-order chi connectivity index (χ1) is 10.4. The fourth-order valence-electron chi connectivity index (χ4n) is 4.79. The van der Waals surface area contributed by atoms with Gasteiger partial charge in [0.1, 0.15) is 0 Å². The first-order valence-electron chi connectivity index (χ1n) is 7.94. The number of benzene rings is 1. The minimum Gasteiger partial charge on any atom is -0.504 e. The summed E-state index contributed by atoms with van der Waals surface area (Å²) in [5.41, 5.74) is 0.00935. The first-order valence-corrected chi connectivity index (χ1v) is 7.94. The lowest BCUT2D eigenvalue weighted by atomic mass is 9.53. The molecule has 0 saturated heterocycles. The number of carbonyl (C=O) groups is 1. The van der Waals surface area contributed by atoms with Gasteiger partial charge < -0.3 is 20.3 Å². The first kappa shape index (κ1) is 14.0. The molecule has 1 heterocycles. The molecule has 3 N–H and O–H groups in total. The highest BCUT2D eigenvalue weighted by Crippen LogP contribution is 2.60. The van der Waals surface area contributed by atoms with Crippen LogP contribution in [0.15, 0.2) is 12.1 Å². The van der Waals surface area contributed by atoms with E-state index in [-0.39, 0.29) is 17.6 Å². The Balaban J connectivity index is 1.99. The molecule has 0 unspecified atom stereocenters. The van der Waals surface area contributed by atoms with E-state index in [0.717, 1.165) is 17.7 Å². The zero-order chi connectivity index (χ0) is 15.7. The van der Waals surface area contributed by atoms with E-state index in [4.69, 9.17) is 4.74 Å². The third kappa shape index (κ3) is 1.39. The van der Waals surface area contributed by atoms with Crippen molar-refractivity contribution in [3.8, 4) is 11.5 Å². The van der Waals surface area contributed by atoms with Crippen LogP contribution in [0.5, 0.6) is 11.5 Å². The Labute approximate surface area is 129 Å². The number of aliphatic hydroxyl groups is 1. The molecular formula is C17H21NO4. The number of hydrogen-bond acceptors (Lipinski definition) is 5. The lowest BCUT2D eigenvalue weighted by Crippen LogP contribution is -2.71. The minimum atomic E-state index is -1.05. The largest absolute Gasteiger partial charge is 0.504 e. The summed E-state index contributed by atoms with van der Waals surface area (Å²) in [6.45, 7) is 4.68. The molecule has 0 radical (unpaired) electrons. The van der Waals surface area contributed by atoms with Crippen LogP contribution in [-0.4, -0.2) is 40.3 Å². The van der Waals surface area contributed by atoms with Gasteiger partial charge in [-0.1, -0.05) is 13.0 Å². The predicted octanol–water partition coefficient (Wildman–Crippen LogP) is 1.04. The second-order valence-corrected chi connectivity index (χ2v) is 6.85. The van der Waals surface area contributed by atoms with Crippen LogP contribution in [0.2, 0.25) is 0 Å². The summed E-state index contributed by atoms with van der Waals surface area (Å²) in [5, 5.41) is 25.0. The van der Waals surface area contributed by atoms with Gasteiger partial charge in [-0.15, -0.1) is 0 Å². The molecule has 3 aliphatic rings. The molecule has 1 aliphatic heterocycles. The molecule has 1 aromatic carbocycles. The van der Waals surface area contributed by atoms with E-state index in [1.54, 1.807) is 6.07 Å². The molecule has 1 saturated carbocycles. The van der Waals surface area contributed by atoms with Gasteiger partial charge in [0, 0.05) is 18.0 Å². The normalized spacial score (nSPS) is 38.6. The topological polar surface area (TPSA) is 78.8 Å². The van der Waals surface area contributed by atoms with E-state index in [1.165, 1.54) is 0 Å². The van der Waals surface area contributed by atoms with Gasteiger partial charge >= 0.3 is 0 Å². The average Bonchev–Trinajstić information content (AvgIpc) is 2.82. The molecule has 5 heteroatoms. The summed E-state index contributed by atoms with van der Waals surface area (Å²) in [6, 6.07) is 3.38. The number of carbonyl (C=O) groups excluding carboxylic acids is 1. The summed E-state index contributed by atoms with van der Waals surface area (Å²) < 4.78 is 5.85. The van der Waals surface area contributed by atoms with Gasteiger partial charge in [0.2, 0.25) is 0 Å². The maximum absolute atomic E-state index is 12.4. The molecule has 1 fully saturated rings. The Morgan fingerprint density at radius 2 is 2.23 bits per heavy atom. The maximum atomic E-state index is 12.4. The fraction of sp³-hybridized carbons (Fsp3) is 0.588. The summed E-state index contributed by atoms with van der Waals surface area (Å²) in [6.07, 6.45) is 0.694. The average molecular weight is 303 g/mol. The molecule has 4 rings (SSSR count). The summed E-state index contributed by atoms with van der Waals surface area (Å²) >= 11 is 0. The lowest BCUT2D eigenvalue weighted by Gasteiger charge is -2.55. The van der Waals surface area contributed by atoms with Gasteiger partial charge in [-0.05, 0) is 37.9 Å². The molecule has 0 spiro atoms. The number of rotatable bonds is 2. The van der Waals surface area contributed by atoms with E-state index in [9.17, 15) is 15.0 Å². The van der Waals surface area contributed by atoms with Crippen molar-refractivity contribution in [3.05, 3.63) is 23.3 Å². The number of ether oxygens (including phenoxy) is 1. The quantitative estimate of drug-likeness (QED) is 0.761. The highest BCUT2D eigenvalue weighted by Gasteiger charge is 2.68. The second-order valence-electron chi connectivity index (χ2n) is 6.85. The molecule has 2 aliphatic carbocycles. The third-order valence-corrected chi connectivity index (χ3v) is 5.90. The van der Waals surface area contributed by atoms with E-state index < -0.39 is 17.1 Å². The van der Waals surface area contributed by atoms with Crippen LogP contribution in [0.1, 0.15) is 37.8 Å². The molecule has 0 amide bonds. The summed E-state index contributed by atoms with van der Waals surface area (Å²) in [5.74, 6) is 0.436. The van der Waals surface area contributed by atoms with E-state index in [0.29, 0.717) is 25.0 Å². The van der Waals surface area contributed by atoms with Crippen LogP contribution in [0.3, 0.4) is 0 Å². The number of phenols is 1. The molecule has 22 heavy (non-hydrogen) atoms. The molecular weight excluding hydrogens is 282 g/mol. The van der Waals surface area contributed by atoms with Crippen molar-refractivity contribution in [1.29, 1.82) is 0 Å². The van der Waals surface area contributed by atoms with Crippen LogP contribution in [-0.2, 0) is 16.6 Å². The van der Waals surface area contributed by atoms with Crippen LogP contribution in [0, 0.1) is 0 Å². The monoisotopic (exact) mass is 303 g/mol. The molecule has 118 valence electrons. The Hall–Kier alpha value is -1.59. The molecule has 0 aromatic heterocycles. The maximum Gasteiger partial charge on any atom is 0.174 e. The summed E-state index contributed by atoms with van der Waals surface area (Å²) in [7, 11) is 0. The number of ketones is 1. The van der Waals surface area contributed by atoms with Gasteiger partial charge in [-0.25, -0.2) is 0 Å². The Kier molecular flexibility index (Phi) is 2.70. The van der Waals surface area contributed by atoms with Crippen molar-refractivity contribution < 1.29 is 19.7 Å². The van der Waals surface area contributed by atoms with Crippen molar-refractivity contribution in [2.45, 2.75) is 56.3 Å². The Morgan fingerprint density at radius 3 is 2.95 bits per heavy atom. The standard InChI is InChI=1S/C17H21NO4/c1-3-18-12-8-9-4-5-10(19)14-13(9)16(2)15(22-14)11(20)6-7-17(12,16)21/h4-5,12,15,18-19,21H,3,6-8H2,1-2H3/t12-,15+,16+,17-/m0/s1. The van der Waals surface area contributed by atoms with E-state index >= 15 is 0 Å². The van der Waals surface area contributed by atoms with Crippen molar-refractivity contribution in [2.75, 3.05) is 6.54 Å². The van der Waals surface area contributed by atoms with Gasteiger partial charge in [-0.2, -0.15) is 0 Å². The highest BCUT2D eigenvalue weighted by molar-refractivity contribution is 5.89. The number of Topliss-reactive ketones (excluding diaryl/α,β-unsaturated/α-hetero) is 1. The minimum absolute atomic E-state index is 0.00544. The van der Waals surface area contributed by atoms with Gasteiger partial charge in [0.15, 0.2) is 23.4 Å². The van der Waals surface area contributed by atoms with Gasteiger partial charge in [0.05, 0.1) is 11.0 Å². The highest BCUT2D eigenvalue weighted by atomic mass is 16.5. The van der Waals surface area contributed by atoms with Gasteiger partial charge in [-0.3, -0.25) is 4.79 Å². The number of nitrogens with one attached hydrogen (secondary N) is 1. The smallest absolute Gasteiger partial charge is 0.174 e. The fourth-order valence-corrected chi connectivity index (χ4v) is 4.79. The molecule has 0 bridgehead atoms. The van der Waals surface area contributed by atoms with E-state index in [2.05, 4.69) is 5.32 Å². The van der Waals surface area contributed by atoms with Crippen molar-refractivity contribution in [3.63, 3.8) is 0 Å². The third-order valence-electron chi connectivity index (χ3n) is 5.90.